The van der Waals surface area contributed by atoms with Crippen molar-refractivity contribution in [1.82, 2.24) is 0 Å². The second kappa shape index (κ2) is 9.59. The maximum atomic E-state index is 13.2. The summed E-state index contributed by atoms with van der Waals surface area (Å²) in [5.74, 6) is 0. The minimum absolute atomic E-state index is 0.129. The molecule has 0 spiro atoms. The van der Waals surface area contributed by atoms with Crippen LogP contribution in [-0.4, -0.2) is 8.42 Å². The van der Waals surface area contributed by atoms with Gasteiger partial charge in [0.05, 0.1) is 9.79 Å². The Bertz CT molecular complexity index is 1320. The van der Waals surface area contributed by atoms with E-state index in [1.807, 2.05) is 85.0 Å². The molecule has 4 nitrogen and oxygen atoms in total. The number of anilines is 2. The number of nitrogens with two attached hydrogens (primary N) is 2. The minimum Gasteiger partial charge on any atom is -0.398 e. The fourth-order valence-corrected chi connectivity index (χ4v) is 4.71. The summed E-state index contributed by atoms with van der Waals surface area (Å²) >= 11 is 0. The molecule has 0 aromatic heterocycles. The van der Waals surface area contributed by atoms with Crippen LogP contribution in [0, 0.1) is 0 Å². The zero-order valence-electron chi connectivity index (χ0n) is 17.9. The monoisotopic (exact) mass is 452 g/mol. The molecule has 0 amide bonds. The highest BCUT2D eigenvalue weighted by molar-refractivity contribution is 7.91. The highest BCUT2D eigenvalue weighted by atomic mass is 32.2. The van der Waals surface area contributed by atoms with Crippen LogP contribution >= 0.6 is 0 Å². The number of hydrogen-bond acceptors (Lipinski definition) is 4. The zero-order chi connectivity index (χ0) is 23.3. The molecule has 164 valence electrons. The fourth-order valence-electron chi connectivity index (χ4n) is 3.38. The minimum atomic E-state index is -3.76. The second-order valence-electron chi connectivity index (χ2n) is 7.57. The van der Waals surface area contributed by atoms with Crippen LogP contribution < -0.4 is 11.5 Å². The summed E-state index contributed by atoms with van der Waals surface area (Å²) in [5.41, 5.74) is 16.7. The molecule has 0 saturated carbocycles. The maximum Gasteiger partial charge on any atom is 0.206 e. The van der Waals surface area contributed by atoms with Crippen LogP contribution in [0.3, 0.4) is 0 Å². The molecular formula is C28H24N2O2S. The lowest BCUT2D eigenvalue weighted by Crippen LogP contribution is -2.05. The molecule has 4 aromatic carbocycles. The van der Waals surface area contributed by atoms with E-state index in [9.17, 15) is 8.42 Å². The molecule has 33 heavy (non-hydrogen) atoms. The number of benzene rings is 4. The molecule has 4 rings (SSSR count). The van der Waals surface area contributed by atoms with E-state index in [-0.39, 0.29) is 9.79 Å². The molecule has 0 aliphatic heterocycles. The summed E-state index contributed by atoms with van der Waals surface area (Å²) in [6.45, 7) is 0. The number of hydrogen-bond donors (Lipinski definition) is 2. The Hall–Kier alpha value is -4.09. The summed E-state index contributed by atoms with van der Waals surface area (Å²) in [5, 5.41) is 0. The zero-order valence-corrected chi connectivity index (χ0v) is 18.7. The third-order valence-electron chi connectivity index (χ3n) is 5.25. The van der Waals surface area contributed by atoms with Crippen LogP contribution in [-0.2, 0) is 9.84 Å². The van der Waals surface area contributed by atoms with E-state index in [1.165, 1.54) is 12.1 Å². The largest absolute Gasteiger partial charge is 0.398 e. The van der Waals surface area contributed by atoms with Crippen LogP contribution in [0.25, 0.3) is 24.3 Å². The molecule has 0 radical (unpaired) electrons. The van der Waals surface area contributed by atoms with Crippen molar-refractivity contribution in [3.63, 3.8) is 0 Å². The van der Waals surface area contributed by atoms with Crippen LogP contribution in [0.2, 0.25) is 0 Å². The third kappa shape index (κ3) is 5.22. The summed E-state index contributed by atoms with van der Waals surface area (Å²) in [4.78, 5) is 0.257. The Morgan fingerprint density at radius 3 is 1.27 bits per heavy atom. The van der Waals surface area contributed by atoms with Crippen molar-refractivity contribution in [2.75, 3.05) is 11.5 Å². The van der Waals surface area contributed by atoms with E-state index in [1.54, 1.807) is 24.3 Å². The van der Waals surface area contributed by atoms with Gasteiger partial charge in [-0.15, -0.1) is 0 Å². The van der Waals surface area contributed by atoms with Crippen molar-refractivity contribution in [3.8, 4) is 0 Å². The topological polar surface area (TPSA) is 86.2 Å². The van der Waals surface area contributed by atoms with E-state index in [2.05, 4.69) is 0 Å². The van der Waals surface area contributed by atoms with Gasteiger partial charge in [0, 0.05) is 11.4 Å². The molecule has 0 unspecified atom stereocenters. The van der Waals surface area contributed by atoms with Gasteiger partial charge in [-0.1, -0.05) is 97.1 Å². The molecule has 5 heteroatoms. The lowest BCUT2D eigenvalue weighted by atomic mass is 10.1. The Balaban J connectivity index is 1.57. The Morgan fingerprint density at radius 1 is 0.515 bits per heavy atom. The Morgan fingerprint density at radius 2 is 0.909 bits per heavy atom. The Labute approximate surface area is 194 Å². The normalized spacial score (nSPS) is 11.9. The number of sulfone groups is 1. The van der Waals surface area contributed by atoms with Gasteiger partial charge in [0.25, 0.3) is 0 Å². The van der Waals surface area contributed by atoms with E-state index < -0.39 is 9.84 Å². The van der Waals surface area contributed by atoms with E-state index in [0.29, 0.717) is 11.4 Å². The lowest BCUT2D eigenvalue weighted by molar-refractivity contribution is 0.596. The molecule has 0 bridgehead atoms. The standard InChI is InChI=1S/C28H24N2O2S/c29-27-19-25(17-15-23(27)13-11-21-7-3-1-4-8-21)33(31,32)26-18-16-24(28(30)20-26)14-12-22-9-5-2-6-10-22/h1-20H,29-30H2/b13-11-,14-12+. The van der Waals surface area contributed by atoms with Crippen LogP contribution in [0.4, 0.5) is 11.4 Å². The summed E-state index contributed by atoms with van der Waals surface area (Å²) < 4.78 is 26.3. The van der Waals surface area contributed by atoms with Crippen molar-refractivity contribution < 1.29 is 8.42 Å². The predicted molar refractivity (Wildman–Crippen MR) is 138 cm³/mol. The highest BCUT2D eigenvalue weighted by Crippen LogP contribution is 2.28. The average molecular weight is 453 g/mol. The van der Waals surface area contributed by atoms with Gasteiger partial charge in [-0.05, 0) is 46.5 Å². The fraction of sp³-hybridized carbons (Fsp3) is 0. The maximum absolute atomic E-state index is 13.2. The molecule has 0 heterocycles. The Kier molecular flexibility index (Phi) is 6.43. The summed E-state index contributed by atoms with van der Waals surface area (Å²) in [6.07, 6.45) is 7.60. The molecule has 0 saturated heterocycles. The average Bonchev–Trinajstić information content (AvgIpc) is 2.83. The van der Waals surface area contributed by atoms with Crippen LogP contribution in [0.1, 0.15) is 22.3 Å². The SMILES string of the molecule is Nc1cc(S(=O)(=O)c2ccc(/C=C/c3ccccc3)c(N)c2)ccc1/C=C\c1ccccc1. The quantitative estimate of drug-likeness (QED) is 0.276. The van der Waals surface area contributed by atoms with Gasteiger partial charge in [0.2, 0.25) is 9.84 Å². The van der Waals surface area contributed by atoms with Gasteiger partial charge >= 0.3 is 0 Å². The molecule has 4 N–H and O–H groups in total. The lowest BCUT2D eigenvalue weighted by Gasteiger charge is -2.09. The van der Waals surface area contributed by atoms with Crippen molar-refractivity contribution in [2.45, 2.75) is 9.79 Å². The van der Waals surface area contributed by atoms with E-state index in [4.69, 9.17) is 11.5 Å². The molecule has 0 atom stereocenters. The second-order valence-corrected chi connectivity index (χ2v) is 9.52. The number of nitrogen functional groups attached to an aromatic ring is 2. The van der Waals surface area contributed by atoms with Gasteiger partial charge in [-0.25, -0.2) is 8.42 Å². The van der Waals surface area contributed by atoms with Crippen molar-refractivity contribution in [2.24, 2.45) is 0 Å². The van der Waals surface area contributed by atoms with Crippen molar-refractivity contribution >= 4 is 45.5 Å². The first-order valence-electron chi connectivity index (χ1n) is 10.4. The molecule has 0 aliphatic carbocycles. The third-order valence-corrected chi connectivity index (χ3v) is 7.00. The van der Waals surface area contributed by atoms with Gasteiger partial charge in [-0.3, -0.25) is 0 Å². The van der Waals surface area contributed by atoms with Crippen LogP contribution in [0.15, 0.2) is 107 Å². The number of rotatable bonds is 6. The highest BCUT2D eigenvalue weighted by Gasteiger charge is 2.19. The summed E-state index contributed by atoms with van der Waals surface area (Å²) in [7, 11) is -3.76. The van der Waals surface area contributed by atoms with E-state index >= 15 is 0 Å². The van der Waals surface area contributed by atoms with E-state index in [0.717, 1.165) is 22.3 Å². The first-order valence-corrected chi connectivity index (χ1v) is 11.9. The van der Waals surface area contributed by atoms with Gasteiger partial charge < -0.3 is 11.5 Å². The van der Waals surface area contributed by atoms with Crippen molar-refractivity contribution in [1.29, 1.82) is 0 Å². The van der Waals surface area contributed by atoms with Crippen LogP contribution in [0.5, 0.6) is 0 Å². The molecular weight excluding hydrogens is 428 g/mol. The molecule has 0 fully saturated rings. The first-order chi connectivity index (χ1) is 15.9. The van der Waals surface area contributed by atoms with Gasteiger partial charge in [0.1, 0.15) is 0 Å². The van der Waals surface area contributed by atoms with Gasteiger partial charge in [0.15, 0.2) is 0 Å². The first kappa shape index (κ1) is 22.1. The predicted octanol–water partition coefficient (Wildman–Crippen LogP) is 6.02. The smallest absolute Gasteiger partial charge is 0.206 e. The summed E-state index contributed by atoms with van der Waals surface area (Å²) in [6, 6.07) is 29.1. The molecule has 4 aromatic rings. The van der Waals surface area contributed by atoms with Crippen molar-refractivity contribution in [3.05, 3.63) is 119 Å². The molecule has 0 aliphatic rings. The van der Waals surface area contributed by atoms with Gasteiger partial charge in [-0.2, -0.15) is 0 Å².